The first-order valence-electron chi connectivity index (χ1n) is 7.36. The summed E-state index contributed by atoms with van der Waals surface area (Å²) in [5.41, 5.74) is 1.25. The SMILES string of the molecule is CN(Cc1cccc(C#N)c1)S(=O)(=O)c1ccc2c(c1)OCCO2. The molecule has 0 saturated heterocycles. The fraction of sp³-hybridized carbons (Fsp3) is 0.235. The van der Waals surface area contributed by atoms with Gasteiger partial charge in [-0.25, -0.2) is 8.42 Å². The van der Waals surface area contributed by atoms with E-state index in [4.69, 9.17) is 14.7 Å². The monoisotopic (exact) mass is 344 g/mol. The van der Waals surface area contributed by atoms with Gasteiger partial charge in [0.25, 0.3) is 0 Å². The van der Waals surface area contributed by atoms with Gasteiger partial charge in [0, 0.05) is 19.7 Å². The third-order valence-corrected chi connectivity index (χ3v) is 5.48. The second-order valence-electron chi connectivity index (χ2n) is 5.38. The van der Waals surface area contributed by atoms with Crippen LogP contribution in [-0.4, -0.2) is 33.0 Å². The number of rotatable bonds is 4. The number of sulfonamides is 1. The quantitative estimate of drug-likeness (QED) is 0.849. The summed E-state index contributed by atoms with van der Waals surface area (Å²) < 4.78 is 37.6. The van der Waals surface area contributed by atoms with E-state index < -0.39 is 10.0 Å². The molecule has 0 aromatic heterocycles. The first-order valence-corrected chi connectivity index (χ1v) is 8.80. The predicted octanol–water partition coefficient (Wildman–Crippen LogP) is 2.15. The Hall–Kier alpha value is -2.56. The number of hydrogen-bond donors (Lipinski definition) is 0. The molecule has 0 fully saturated rings. The normalized spacial score (nSPS) is 13.5. The molecule has 124 valence electrons. The Morgan fingerprint density at radius 1 is 1.12 bits per heavy atom. The van der Waals surface area contributed by atoms with Crippen LogP contribution in [0.3, 0.4) is 0 Å². The van der Waals surface area contributed by atoms with E-state index in [0.717, 1.165) is 5.56 Å². The molecule has 2 aromatic rings. The maximum Gasteiger partial charge on any atom is 0.243 e. The molecular weight excluding hydrogens is 328 g/mol. The summed E-state index contributed by atoms with van der Waals surface area (Å²) in [6, 6.07) is 13.5. The van der Waals surface area contributed by atoms with Crippen molar-refractivity contribution in [3.8, 4) is 17.6 Å². The van der Waals surface area contributed by atoms with Crippen molar-refractivity contribution >= 4 is 10.0 Å². The van der Waals surface area contributed by atoms with Crippen LogP contribution in [0.2, 0.25) is 0 Å². The fourth-order valence-corrected chi connectivity index (χ4v) is 3.62. The standard InChI is InChI=1S/C17H16N2O4S/c1-19(12-14-4-2-3-13(9-14)11-18)24(20,21)15-5-6-16-17(10-15)23-8-7-22-16/h2-6,9-10H,7-8,12H2,1H3. The summed E-state index contributed by atoms with van der Waals surface area (Å²) >= 11 is 0. The lowest BCUT2D eigenvalue weighted by molar-refractivity contribution is 0.171. The summed E-state index contributed by atoms with van der Waals surface area (Å²) in [5.74, 6) is 0.978. The maximum atomic E-state index is 12.7. The molecule has 0 N–H and O–H groups in total. The summed E-state index contributed by atoms with van der Waals surface area (Å²) in [6.45, 7) is 1.02. The molecule has 6 nitrogen and oxygen atoms in total. The molecule has 0 spiro atoms. The fourth-order valence-electron chi connectivity index (χ4n) is 2.45. The zero-order chi connectivity index (χ0) is 17.2. The predicted molar refractivity (Wildman–Crippen MR) is 87.2 cm³/mol. The van der Waals surface area contributed by atoms with Crippen molar-refractivity contribution in [3.63, 3.8) is 0 Å². The Balaban J connectivity index is 1.85. The van der Waals surface area contributed by atoms with Gasteiger partial charge in [-0.2, -0.15) is 9.57 Å². The Bertz CT molecular complexity index is 903. The van der Waals surface area contributed by atoms with Crippen molar-refractivity contribution < 1.29 is 17.9 Å². The first-order chi connectivity index (χ1) is 11.5. The van der Waals surface area contributed by atoms with Gasteiger partial charge in [0.1, 0.15) is 13.2 Å². The first kappa shape index (κ1) is 16.3. The van der Waals surface area contributed by atoms with Gasteiger partial charge in [0.2, 0.25) is 10.0 Å². The highest BCUT2D eigenvalue weighted by atomic mass is 32.2. The topological polar surface area (TPSA) is 79.6 Å². The zero-order valence-corrected chi connectivity index (χ0v) is 13.9. The van der Waals surface area contributed by atoms with Crippen LogP contribution in [-0.2, 0) is 16.6 Å². The van der Waals surface area contributed by atoms with Crippen molar-refractivity contribution in [1.29, 1.82) is 5.26 Å². The Kier molecular flexibility index (Phi) is 4.42. The van der Waals surface area contributed by atoms with Gasteiger partial charge < -0.3 is 9.47 Å². The van der Waals surface area contributed by atoms with Crippen LogP contribution in [0.15, 0.2) is 47.4 Å². The average Bonchev–Trinajstić information content (AvgIpc) is 2.61. The number of nitriles is 1. The molecule has 0 bridgehead atoms. The van der Waals surface area contributed by atoms with Crippen molar-refractivity contribution in [1.82, 2.24) is 4.31 Å². The molecule has 1 heterocycles. The smallest absolute Gasteiger partial charge is 0.243 e. The van der Waals surface area contributed by atoms with E-state index in [0.29, 0.717) is 30.3 Å². The summed E-state index contributed by atoms with van der Waals surface area (Å²) in [7, 11) is -2.17. The molecule has 0 amide bonds. The number of ether oxygens (including phenoxy) is 2. The van der Waals surface area contributed by atoms with E-state index in [2.05, 4.69) is 0 Å². The van der Waals surface area contributed by atoms with E-state index in [9.17, 15) is 8.42 Å². The largest absolute Gasteiger partial charge is 0.486 e. The molecule has 1 aliphatic rings. The van der Waals surface area contributed by atoms with E-state index in [1.54, 1.807) is 30.3 Å². The highest BCUT2D eigenvalue weighted by molar-refractivity contribution is 7.89. The number of hydrogen-bond acceptors (Lipinski definition) is 5. The lowest BCUT2D eigenvalue weighted by Gasteiger charge is -2.21. The maximum absolute atomic E-state index is 12.7. The second-order valence-corrected chi connectivity index (χ2v) is 7.42. The number of benzene rings is 2. The molecule has 0 saturated carbocycles. The third kappa shape index (κ3) is 3.20. The van der Waals surface area contributed by atoms with E-state index >= 15 is 0 Å². The molecule has 24 heavy (non-hydrogen) atoms. The van der Waals surface area contributed by atoms with Gasteiger partial charge in [0.15, 0.2) is 11.5 Å². The van der Waals surface area contributed by atoms with Gasteiger partial charge in [-0.1, -0.05) is 12.1 Å². The van der Waals surface area contributed by atoms with Gasteiger partial charge >= 0.3 is 0 Å². The van der Waals surface area contributed by atoms with Gasteiger partial charge in [-0.05, 0) is 29.8 Å². The minimum absolute atomic E-state index is 0.144. The Morgan fingerprint density at radius 3 is 2.62 bits per heavy atom. The Morgan fingerprint density at radius 2 is 1.88 bits per heavy atom. The average molecular weight is 344 g/mol. The Labute approximate surface area is 140 Å². The molecule has 2 aromatic carbocycles. The highest BCUT2D eigenvalue weighted by Gasteiger charge is 2.23. The van der Waals surface area contributed by atoms with Crippen LogP contribution in [0.25, 0.3) is 0 Å². The molecule has 7 heteroatoms. The van der Waals surface area contributed by atoms with Crippen molar-refractivity contribution in [2.45, 2.75) is 11.4 Å². The third-order valence-electron chi connectivity index (χ3n) is 3.68. The minimum atomic E-state index is -3.68. The van der Waals surface area contributed by atoms with E-state index in [1.165, 1.54) is 23.5 Å². The van der Waals surface area contributed by atoms with Crippen LogP contribution in [0.1, 0.15) is 11.1 Å². The van der Waals surface area contributed by atoms with Crippen molar-refractivity contribution in [2.24, 2.45) is 0 Å². The van der Waals surface area contributed by atoms with Crippen LogP contribution in [0.4, 0.5) is 0 Å². The summed E-state index contributed by atoms with van der Waals surface area (Å²) in [5, 5.41) is 8.94. The molecule has 0 atom stereocenters. The van der Waals surface area contributed by atoms with Crippen LogP contribution >= 0.6 is 0 Å². The number of fused-ring (bicyclic) bond motifs is 1. The molecular formula is C17H16N2O4S. The molecule has 0 radical (unpaired) electrons. The minimum Gasteiger partial charge on any atom is -0.486 e. The summed E-state index contributed by atoms with van der Waals surface area (Å²) in [4.78, 5) is 0.144. The van der Waals surface area contributed by atoms with Crippen LogP contribution in [0, 0.1) is 11.3 Å². The van der Waals surface area contributed by atoms with E-state index in [-0.39, 0.29) is 11.4 Å². The van der Waals surface area contributed by atoms with Gasteiger partial charge in [-0.15, -0.1) is 0 Å². The summed E-state index contributed by atoms with van der Waals surface area (Å²) in [6.07, 6.45) is 0. The van der Waals surface area contributed by atoms with Gasteiger partial charge in [-0.3, -0.25) is 0 Å². The molecule has 0 aliphatic carbocycles. The number of nitrogens with zero attached hydrogens (tertiary/aromatic N) is 2. The van der Waals surface area contributed by atoms with Gasteiger partial charge in [0.05, 0.1) is 16.5 Å². The van der Waals surface area contributed by atoms with Crippen molar-refractivity contribution in [2.75, 3.05) is 20.3 Å². The zero-order valence-electron chi connectivity index (χ0n) is 13.1. The lowest BCUT2D eigenvalue weighted by atomic mass is 10.1. The molecule has 3 rings (SSSR count). The van der Waals surface area contributed by atoms with Crippen molar-refractivity contribution in [3.05, 3.63) is 53.6 Å². The van der Waals surface area contributed by atoms with Crippen LogP contribution < -0.4 is 9.47 Å². The van der Waals surface area contributed by atoms with E-state index in [1.807, 2.05) is 6.07 Å². The highest BCUT2D eigenvalue weighted by Crippen LogP contribution is 2.33. The second kappa shape index (κ2) is 6.51. The lowest BCUT2D eigenvalue weighted by Crippen LogP contribution is -2.26. The molecule has 1 aliphatic heterocycles. The van der Waals surface area contributed by atoms with Crippen LogP contribution in [0.5, 0.6) is 11.5 Å². The molecule has 0 unspecified atom stereocenters.